The molecule has 0 unspecified atom stereocenters. The number of imidazole rings is 2. The van der Waals surface area contributed by atoms with Crippen LogP contribution < -0.4 is 4.74 Å². The average Bonchev–Trinajstić information content (AvgIpc) is 3.07. The number of aromatic nitrogens is 4. The highest BCUT2D eigenvalue weighted by Crippen LogP contribution is 2.27. The van der Waals surface area contributed by atoms with Gasteiger partial charge in [0.1, 0.15) is 17.9 Å². The Hall–Kier alpha value is -3.10. The van der Waals surface area contributed by atoms with Crippen LogP contribution in [0.25, 0.3) is 28.0 Å². The third kappa shape index (κ3) is 2.53. The van der Waals surface area contributed by atoms with Crippen LogP contribution in [0.1, 0.15) is 0 Å². The van der Waals surface area contributed by atoms with Gasteiger partial charge in [-0.3, -0.25) is 4.57 Å². The molecule has 0 atom stereocenters. The molecule has 122 valence electrons. The van der Waals surface area contributed by atoms with Crippen molar-refractivity contribution >= 4 is 22.1 Å². The second-order valence-corrected chi connectivity index (χ2v) is 5.03. The quantitative estimate of drug-likeness (QED) is 0.564. The smallest absolute Gasteiger partial charge is 0.406 e. The van der Waals surface area contributed by atoms with E-state index in [0.717, 1.165) is 0 Å². The minimum Gasteiger partial charge on any atom is -0.406 e. The van der Waals surface area contributed by atoms with E-state index in [1.807, 2.05) is 0 Å². The summed E-state index contributed by atoms with van der Waals surface area (Å²) in [7, 11) is 0. The van der Waals surface area contributed by atoms with E-state index in [4.69, 9.17) is 0 Å². The summed E-state index contributed by atoms with van der Waals surface area (Å²) in [4.78, 5) is 11.3. The van der Waals surface area contributed by atoms with Crippen LogP contribution in [0.3, 0.4) is 0 Å². The number of alkyl halides is 3. The summed E-state index contributed by atoms with van der Waals surface area (Å²) < 4.78 is 55.5. The highest BCUT2D eigenvalue weighted by Gasteiger charge is 2.31. The molecule has 0 fully saturated rings. The molecule has 2 heterocycles. The number of nitrogens with one attached hydrogen (secondary N) is 1. The van der Waals surface area contributed by atoms with Gasteiger partial charge in [0.2, 0.25) is 5.95 Å². The summed E-state index contributed by atoms with van der Waals surface area (Å²) in [5, 5.41) is 0. The Morgan fingerprint density at radius 2 is 1.88 bits per heavy atom. The van der Waals surface area contributed by atoms with Crippen molar-refractivity contribution in [3.05, 3.63) is 48.5 Å². The van der Waals surface area contributed by atoms with E-state index in [-0.39, 0.29) is 5.75 Å². The van der Waals surface area contributed by atoms with E-state index in [1.165, 1.54) is 42.7 Å². The van der Waals surface area contributed by atoms with Crippen molar-refractivity contribution in [3.8, 4) is 11.7 Å². The Morgan fingerprint density at radius 3 is 2.67 bits per heavy atom. The van der Waals surface area contributed by atoms with Crippen LogP contribution in [-0.2, 0) is 0 Å². The van der Waals surface area contributed by atoms with E-state index in [0.29, 0.717) is 28.0 Å². The van der Waals surface area contributed by atoms with Gasteiger partial charge in [-0.2, -0.15) is 0 Å². The van der Waals surface area contributed by atoms with Crippen LogP contribution in [0.4, 0.5) is 17.6 Å². The number of hydrogen-bond acceptors (Lipinski definition) is 3. The molecule has 4 rings (SSSR count). The van der Waals surface area contributed by atoms with E-state index in [1.54, 1.807) is 4.57 Å². The molecule has 4 aromatic rings. The van der Waals surface area contributed by atoms with Crippen molar-refractivity contribution in [1.82, 2.24) is 19.5 Å². The van der Waals surface area contributed by atoms with Crippen molar-refractivity contribution in [2.45, 2.75) is 6.36 Å². The molecule has 1 N–H and O–H groups in total. The largest absolute Gasteiger partial charge is 0.573 e. The van der Waals surface area contributed by atoms with Crippen LogP contribution in [0.2, 0.25) is 0 Å². The molecule has 0 amide bonds. The molecule has 0 radical (unpaired) electrons. The van der Waals surface area contributed by atoms with E-state index >= 15 is 0 Å². The van der Waals surface area contributed by atoms with Crippen LogP contribution in [-0.4, -0.2) is 25.9 Å². The topological polar surface area (TPSA) is 55.7 Å². The Labute approximate surface area is 131 Å². The van der Waals surface area contributed by atoms with Gasteiger partial charge in [-0.25, -0.2) is 14.4 Å². The number of aromatic amines is 1. The zero-order valence-electron chi connectivity index (χ0n) is 11.8. The van der Waals surface area contributed by atoms with Gasteiger partial charge in [0.05, 0.1) is 22.1 Å². The summed E-state index contributed by atoms with van der Waals surface area (Å²) in [6.45, 7) is 0. The first-order valence-electron chi connectivity index (χ1n) is 6.77. The van der Waals surface area contributed by atoms with Crippen LogP contribution in [0.15, 0.2) is 42.7 Å². The molecule has 0 spiro atoms. The Bertz CT molecular complexity index is 1050. The average molecular weight is 336 g/mol. The third-order valence-electron chi connectivity index (χ3n) is 3.41. The van der Waals surface area contributed by atoms with Gasteiger partial charge < -0.3 is 9.72 Å². The normalized spacial score (nSPS) is 12.2. The molecule has 9 heteroatoms. The van der Waals surface area contributed by atoms with Crippen molar-refractivity contribution < 1.29 is 22.3 Å². The first-order chi connectivity index (χ1) is 11.4. The standard InChI is InChI=1S/C15H8F4N4O/c16-8-1-3-10-11(5-8)22-14(21-10)23-7-20-12-6-9(2-4-13(12)23)24-15(17,18)19/h1-7H,(H,21,22). The summed E-state index contributed by atoms with van der Waals surface area (Å²) in [6.07, 6.45) is -3.35. The molecule has 24 heavy (non-hydrogen) atoms. The summed E-state index contributed by atoms with van der Waals surface area (Å²) in [5.41, 5.74) is 1.90. The highest BCUT2D eigenvalue weighted by atomic mass is 19.4. The van der Waals surface area contributed by atoms with Gasteiger partial charge in [0, 0.05) is 6.07 Å². The fourth-order valence-corrected chi connectivity index (χ4v) is 2.44. The lowest BCUT2D eigenvalue weighted by atomic mass is 10.3. The predicted octanol–water partition coefficient (Wildman–Crippen LogP) is 3.94. The van der Waals surface area contributed by atoms with Gasteiger partial charge in [0.15, 0.2) is 0 Å². The maximum Gasteiger partial charge on any atom is 0.573 e. The number of nitrogens with zero attached hydrogens (tertiary/aromatic N) is 3. The predicted molar refractivity (Wildman–Crippen MR) is 77.4 cm³/mol. The first-order valence-corrected chi connectivity index (χ1v) is 6.77. The molecule has 0 saturated heterocycles. The maximum atomic E-state index is 13.2. The first kappa shape index (κ1) is 14.5. The molecule has 0 aliphatic rings. The fourth-order valence-electron chi connectivity index (χ4n) is 2.44. The van der Waals surface area contributed by atoms with E-state index in [9.17, 15) is 17.6 Å². The minimum absolute atomic E-state index is 0.309. The van der Waals surface area contributed by atoms with Crippen molar-refractivity contribution in [1.29, 1.82) is 0 Å². The fraction of sp³-hybridized carbons (Fsp3) is 0.0667. The lowest BCUT2D eigenvalue weighted by molar-refractivity contribution is -0.274. The third-order valence-corrected chi connectivity index (χ3v) is 3.41. The van der Waals surface area contributed by atoms with Crippen LogP contribution in [0, 0.1) is 5.82 Å². The van der Waals surface area contributed by atoms with Gasteiger partial charge >= 0.3 is 6.36 Å². The number of rotatable bonds is 2. The molecule has 0 aliphatic heterocycles. The summed E-state index contributed by atoms with van der Waals surface area (Å²) in [5.74, 6) is -0.378. The zero-order valence-corrected chi connectivity index (χ0v) is 11.8. The molecule has 5 nitrogen and oxygen atoms in total. The number of ether oxygens (including phenoxy) is 1. The molecule has 0 saturated carbocycles. The van der Waals surface area contributed by atoms with Crippen LogP contribution >= 0.6 is 0 Å². The van der Waals surface area contributed by atoms with Gasteiger partial charge in [-0.05, 0) is 30.3 Å². The lowest BCUT2D eigenvalue weighted by Gasteiger charge is -2.08. The molecular weight excluding hydrogens is 328 g/mol. The minimum atomic E-state index is -4.76. The maximum absolute atomic E-state index is 13.2. The second kappa shape index (κ2) is 4.95. The van der Waals surface area contributed by atoms with Gasteiger partial charge in [0.25, 0.3) is 0 Å². The van der Waals surface area contributed by atoms with E-state index < -0.39 is 12.2 Å². The SMILES string of the molecule is Fc1ccc2nc(-n3cnc4cc(OC(F)(F)F)ccc43)[nH]c2c1. The lowest BCUT2D eigenvalue weighted by Crippen LogP contribution is -2.17. The van der Waals surface area contributed by atoms with Gasteiger partial charge in [-0.1, -0.05) is 0 Å². The number of fused-ring (bicyclic) bond motifs is 2. The van der Waals surface area contributed by atoms with Gasteiger partial charge in [-0.15, -0.1) is 13.2 Å². The molecule has 0 bridgehead atoms. The zero-order chi connectivity index (χ0) is 16.9. The number of benzene rings is 2. The second-order valence-electron chi connectivity index (χ2n) is 5.03. The van der Waals surface area contributed by atoms with Crippen molar-refractivity contribution in [2.24, 2.45) is 0 Å². The molecular formula is C15H8F4N4O. The summed E-state index contributed by atoms with van der Waals surface area (Å²) in [6, 6.07) is 7.94. The van der Waals surface area contributed by atoms with E-state index in [2.05, 4.69) is 19.7 Å². The number of halogens is 4. The monoisotopic (exact) mass is 336 g/mol. The molecule has 2 aromatic heterocycles. The Kier molecular flexibility index (Phi) is 2.99. The Morgan fingerprint density at radius 1 is 1.04 bits per heavy atom. The molecule has 2 aromatic carbocycles. The highest BCUT2D eigenvalue weighted by molar-refractivity contribution is 5.80. The van der Waals surface area contributed by atoms with Crippen molar-refractivity contribution in [2.75, 3.05) is 0 Å². The van der Waals surface area contributed by atoms with Crippen LogP contribution in [0.5, 0.6) is 5.75 Å². The molecule has 0 aliphatic carbocycles. The van der Waals surface area contributed by atoms with Crippen molar-refractivity contribution in [3.63, 3.8) is 0 Å². The number of H-pyrrole nitrogens is 1. The Balaban J connectivity index is 1.78. The summed E-state index contributed by atoms with van der Waals surface area (Å²) >= 11 is 0. The number of hydrogen-bond donors (Lipinski definition) is 1.